The summed E-state index contributed by atoms with van der Waals surface area (Å²) in [7, 11) is 0. The van der Waals surface area contributed by atoms with Gasteiger partial charge < -0.3 is 5.11 Å². The first-order valence-electron chi connectivity index (χ1n) is 4.82. The van der Waals surface area contributed by atoms with E-state index >= 15 is 0 Å². The molecule has 0 spiro atoms. The molecule has 1 unspecified atom stereocenters. The molecule has 1 aliphatic heterocycles. The van der Waals surface area contributed by atoms with Crippen LogP contribution in [0.15, 0.2) is 0 Å². The molecule has 14 heavy (non-hydrogen) atoms. The third kappa shape index (κ3) is 2.12. The Balaban J connectivity index is 2.10. The molecule has 0 aromatic carbocycles. The van der Waals surface area contributed by atoms with Gasteiger partial charge in [0.1, 0.15) is 0 Å². The lowest BCUT2D eigenvalue weighted by atomic mass is 10.00. The molecule has 0 aliphatic carbocycles. The maximum Gasteiger partial charge on any atom is 0.0959 e. The summed E-state index contributed by atoms with van der Waals surface area (Å²) in [6.07, 6.45) is 1.65. The third-order valence-corrected chi connectivity index (χ3v) is 4.94. The molecule has 0 saturated carbocycles. The topological polar surface area (TPSA) is 33.1 Å². The molecule has 2 heterocycles. The number of rotatable bonds is 2. The molecule has 1 aromatic rings. The van der Waals surface area contributed by atoms with Crippen molar-refractivity contribution < 1.29 is 5.11 Å². The Morgan fingerprint density at radius 1 is 1.50 bits per heavy atom. The lowest BCUT2D eigenvalue weighted by molar-refractivity contribution is 0.0686. The van der Waals surface area contributed by atoms with Gasteiger partial charge in [-0.25, -0.2) is 4.98 Å². The van der Waals surface area contributed by atoms with Gasteiger partial charge in [-0.05, 0) is 26.0 Å². The van der Waals surface area contributed by atoms with Crippen LogP contribution in [0.3, 0.4) is 0 Å². The fraction of sp³-hybridized carbons (Fsp3) is 0.700. The van der Waals surface area contributed by atoms with Gasteiger partial charge in [-0.15, -0.1) is 11.3 Å². The molecular formula is C10H15NOS2. The molecule has 4 heteroatoms. The first kappa shape index (κ1) is 10.5. The van der Waals surface area contributed by atoms with Crippen molar-refractivity contribution in [3.63, 3.8) is 0 Å². The molecule has 1 fully saturated rings. The number of aliphatic hydroxyl groups is 1. The van der Waals surface area contributed by atoms with E-state index in [1.165, 1.54) is 4.88 Å². The highest BCUT2D eigenvalue weighted by molar-refractivity contribution is 7.99. The molecule has 0 bridgehead atoms. The van der Waals surface area contributed by atoms with Crippen molar-refractivity contribution in [1.29, 1.82) is 0 Å². The van der Waals surface area contributed by atoms with Gasteiger partial charge in [-0.1, -0.05) is 0 Å². The molecule has 0 amide bonds. The third-order valence-electron chi connectivity index (χ3n) is 2.64. The minimum Gasteiger partial charge on any atom is -0.389 e. The number of hydrogen-bond acceptors (Lipinski definition) is 4. The molecular weight excluding hydrogens is 214 g/mol. The molecule has 2 nitrogen and oxygen atoms in total. The standard InChI is InChI=1S/C10H15NOS2/c1-7-8(2)14-9(11-7)5-10(12)3-4-13-6-10/h12H,3-6H2,1-2H3. The average molecular weight is 229 g/mol. The molecule has 1 aliphatic rings. The van der Waals surface area contributed by atoms with Crippen molar-refractivity contribution in [2.75, 3.05) is 11.5 Å². The molecule has 1 atom stereocenters. The molecule has 78 valence electrons. The van der Waals surface area contributed by atoms with E-state index in [4.69, 9.17) is 0 Å². The first-order chi connectivity index (χ1) is 6.59. The average Bonchev–Trinajstić information content (AvgIpc) is 2.62. The number of thiazole rings is 1. The van der Waals surface area contributed by atoms with Crippen LogP contribution in [-0.4, -0.2) is 27.2 Å². The number of aromatic nitrogens is 1. The second kappa shape index (κ2) is 3.83. The summed E-state index contributed by atoms with van der Waals surface area (Å²) in [5.74, 6) is 1.95. The monoisotopic (exact) mass is 229 g/mol. The fourth-order valence-electron chi connectivity index (χ4n) is 1.63. The van der Waals surface area contributed by atoms with Crippen LogP contribution in [0.1, 0.15) is 22.0 Å². The summed E-state index contributed by atoms with van der Waals surface area (Å²) >= 11 is 3.56. The first-order valence-corrected chi connectivity index (χ1v) is 6.79. The predicted octanol–water partition coefficient (Wildman–Crippen LogP) is 2.17. The fourth-order valence-corrected chi connectivity index (χ4v) is 4.00. The van der Waals surface area contributed by atoms with Crippen LogP contribution in [0.2, 0.25) is 0 Å². The van der Waals surface area contributed by atoms with Crippen LogP contribution in [0, 0.1) is 13.8 Å². The van der Waals surface area contributed by atoms with E-state index in [9.17, 15) is 5.11 Å². The maximum absolute atomic E-state index is 10.2. The highest BCUT2D eigenvalue weighted by Crippen LogP contribution is 2.32. The molecule has 0 radical (unpaired) electrons. The zero-order valence-electron chi connectivity index (χ0n) is 8.54. The van der Waals surface area contributed by atoms with Crippen molar-refractivity contribution in [3.8, 4) is 0 Å². The van der Waals surface area contributed by atoms with E-state index in [0.717, 1.165) is 35.0 Å². The lowest BCUT2D eigenvalue weighted by Crippen LogP contribution is -2.30. The molecule has 1 aromatic heterocycles. The van der Waals surface area contributed by atoms with Crippen molar-refractivity contribution in [3.05, 3.63) is 15.6 Å². The zero-order chi connectivity index (χ0) is 10.2. The van der Waals surface area contributed by atoms with Crippen LogP contribution in [0.5, 0.6) is 0 Å². The van der Waals surface area contributed by atoms with Crippen LogP contribution in [-0.2, 0) is 6.42 Å². The predicted molar refractivity (Wildman–Crippen MR) is 62.2 cm³/mol. The molecule has 1 saturated heterocycles. The largest absolute Gasteiger partial charge is 0.389 e. The summed E-state index contributed by atoms with van der Waals surface area (Å²) in [4.78, 5) is 5.74. The SMILES string of the molecule is Cc1nc(CC2(O)CCSC2)sc1C. The van der Waals surface area contributed by atoms with E-state index in [2.05, 4.69) is 11.9 Å². The highest BCUT2D eigenvalue weighted by atomic mass is 32.2. The summed E-state index contributed by atoms with van der Waals surface area (Å²) in [6, 6.07) is 0. The molecule has 2 rings (SSSR count). The molecule has 1 N–H and O–H groups in total. The van der Waals surface area contributed by atoms with Gasteiger partial charge in [0.25, 0.3) is 0 Å². The second-order valence-electron chi connectivity index (χ2n) is 3.95. The van der Waals surface area contributed by atoms with Crippen LogP contribution >= 0.6 is 23.1 Å². The van der Waals surface area contributed by atoms with E-state index in [1.807, 2.05) is 18.7 Å². The van der Waals surface area contributed by atoms with E-state index in [0.29, 0.717) is 0 Å². The number of aryl methyl sites for hydroxylation is 2. The summed E-state index contributed by atoms with van der Waals surface area (Å²) in [6.45, 7) is 4.12. The Labute approximate surface area is 92.8 Å². The number of hydrogen-bond donors (Lipinski definition) is 1. The minimum atomic E-state index is -0.485. The Kier molecular flexibility index (Phi) is 2.86. The van der Waals surface area contributed by atoms with E-state index in [1.54, 1.807) is 11.3 Å². The van der Waals surface area contributed by atoms with Gasteiger partial charge in [0.2, 0.25) is 0 Å². The Morgan fingerprint density at radius 2 is 2.29 bits per heavy atom. The van der Waals surface area contributed by atoms with E-state index in [-0.39, 0.29) is 0 Å². The Hall–Kier alpha value is -0.0600. The highest BCUT2D eigenvalue weighted by Gasteiger charge is 2.32. The maximum atomic E-state index is 10.2. The van der Waals surface area contributed by atoms with Crippen LogP contribution in [0.25, 0.3) is 0 Å². The Morgan fingerprint density at radius 3 is 2.79 bits per heavy atom. The van der Waals surface area contributed by atoms with Gasteiger partial charge in [0, 0.05) is 17.1 Å². The van der Waals surface area contributed by atoms with Gasteiger partial charge in [0.15, 0.2) is 0 Å². The lowest BCUT2D eigenvalue weighted by Gasteiger charge is -2.19. The number of thioether (sulfide) groups is 1. The minimum absolute atomic E-state index is 0.485. The second-order valence-corrected chi connectivity index (χ2v) is 6.35. The smallest absolute Gasteiger partial charge is 0.0959 e. The Bertz CT molecular complexity index is 309. The normalized spacial score (nSPS) is 27.1. The summed E-state index contributed by atoms with van der Waals surface area (Å²) in [5.41, 5.74) is 0.626. The summed E-state index contributed by atoms with van der Waals surface area (Å²) < 4.78 is 0. The van der Waals surface area contributed by atoms with Crippen LogP contribution in [0.4, 0.5) is 0 Å². The zero-order valence-corrected chi connectivity index (χ0v) is 10.2. The van der Waals surface area contributed by atoms with Crippen molar-refractivity contribution >= 4 is 23.1 Å². The van der Waals surface area contributed by atoms with Gasteiger partial charge in [0.05, 0.1) is 16.3 Å². The van der Waals surface area contributed by atoms with Gasteiger partial charge in [-0.2, -0.15) is 11.8 Å². The number of nitrogens with zero attached hydrogens (tertiary/aromatic N) is 1. The quantitative estimate of drug-likeness (QED) is 0.843. The summed E-state index contributed by atoms with van der Waals surface area (Å²) in [5, 5.41) is 11.3. The van der Waals surface area contributed by atoms with Crippen molar-refractivity contribution in [2.24, 2.45) is 0 Å². The van der Waals surface area contributed by atoms with Crippen molar-refractivity contribution in [2.45, 2.75) is 32.3 Å². The van der Waals surface area contributed by atoms with Gasteiger partial charge in [-0.3, -0.25) is 0 Å². The van der Waals surface area contributed by atoms with Crippen molar-refractivity contribution in [1.82, 2.24) is 4.98 Å². The van der Waals surface area contributed by atoms with E-state index < -0.39 is 5.60 Å². The van der Waals surface area contributed by atoms with Gasteiger partial charge >= 0.3 is 0 Å². The van der Waals surface area contributed by atoms with Crippen LogP contribution < -0.4 is 0 Å².